The predicted octanol–water partition coefficient (Wildman–Crippen LogP) is 2.84. The van der Waals surface area contributed by atoms with Crippen LogP contribution in [0, 0.1) is 0 Å². The van der Waals surface area contributed by atoms with Gasteiger partial charge >= 0.3 is 6.09 Å². The molecule has 0 atom stereocenters. The Morgan fingerprint density at radius 2 is 1.59 bits per heavy atom. The zero-order chi connectivity index (χ0) is 15.7. The minimum atomic E-state index is -0.852. The van der Waals surface area contributed by atoms with Crippen molar-refractivity contribution >= 4 is 28.3 Å². The molecule has 0 radical (unpaired) electrons. The van der Waals surface area contributed by atoms with Gasteiger partial charge in [0, 0.05) is 37.4 Å². The molecule has 2 aromatic rings. The summed E-state index contributed by atoms with van der Waals surface area (Å²) in [5, 5.41) is 11.1. The van der Waals surface area contributed by atoms with Gasteiger partial charge in [-0.05, 0) is 35.9 Å². The van der Waals surface area contributed by atoms with Gasteiger partial charge in [0.1, 0.15) is 0 Å². The second-order valence-corrected chi connectivity index (χ2v) is 5.56. The van der Waals surface area contributed by atoms with Crippen LogP contribution in [0.5, 0.6) is 0 Å². The third-order valence-electron chi connectivity index (χ3n) is 4.15. The smallest absolute Gasteiger partial charge is 0.407 e. The number of Topliss-reactive ketones (excluding diaryl/α,β-unsaturated/α-hetero) is 1. The fourth-order valence-electron chi connectivity index (χ4n) is 2.80. The van der Waals surface area contributed by atoms with Gasteiger partial charge in [-0.1, -0.05) is 18.2 Å². The van der Waals surface area contributed by atoms with Crippen LogP contribution >= 0.6 is 0 Å². The fraction of sp³-hybridized carbons (Fsp3) is 0.294. The van der Waals surface area contributed by atoms with E-state index in [4.69, 9.17) is 5.11 Å². The molecular weight excluding hydrogens is 280 g/mol. The molecule has 114 valence electrons. The van der Waals surface area contributed by atoms with Crippen molar-refractivity contribution in [2.75, 3.05) is 31.1 Å². The van der Waals surface area contributed by atoms with Gasteiger partial charge in [0.25, 0.3) is 0 Å². The first kappa shape index (κ1) is 14.4. The molecule has 1 heterocycles. The van der Waals surface area contributed by atoms with E-state index in [2.05, 4.69) is 11.0 Å². The standard InChI is InChI=1S/C17H18N2O3/c1-12(20)13-2-3-15-11-16(5-4-14(15)10-13)18-6-8-19(9-7-18)17(21)22/h2-5,10-11H,6-9H2,1H3,(H,21,22). The van der Waals surface area contributed by atoms with Crippen molar-refractivity contribution in [2.45, 2.75) is 6.92 Å². The minimum Gasteiger partial charge on any atom is -0.465 e. The number of benzene rings is 2. The van der Waals surface area contributed by atoms with E-state index in [1.165, 1.54) is 4.90 Å². The van der Waals surface area contributed by atoms with Crippen LogP contribution in [0.25, 0.3) is 10.8 Å². The zero-order valence-corrected chi connectivity index (χ0v) is 12.5. The lowest BCUT2D eigenvalue weighted by atomic mass is 10.0. The van der Waals surface area contributed by atoms with Crippen LogP contribution in [0.1, 0.15) is 17.3 Å². The molecule has 3 rings (SSSR count). The van der Waals surface area contributed by atoms with Crippen LogP contribution < -0.4 is 4.90 Å². The summed E-state index contributed by atoms with van der Waals surface area (Å²) in [5.74, 6) is 0.0655. The van der Waals surface area contributed by atoms with Crippen LogP contribution in [0.15, 0.2) is 36.4 Å². The summed E-state index contributed by atoms with van der Waals surface area (Å²) in [7, 11) is 0. The van der Waals surface area contributed by atoms with Crippen molar-refractivity contribution in [1.82, 2.24) is 4.90 Å². The van der Waals surface area contributed by atoms with Gasteiger partial charge < -0.3 is 14.9 Å². The highest BCUT2D eigenvalue weighted by molar-refractivity contribution is 5.99. The highest BCUT2D eigenvalue weighted by atomic mass is 16.4. The van der Waals surface area contributed by atoms with Gasteiger partial charge in [-0.2, -0.15) is 0 Å². The number of hydrogen-bond donors (Lipinski definition) is 1. The summed E-state index contributed by atoms with van der Waals surface area (Å²) in [5.41, 5.74) is 1.81. The highest BCUT2D eigenvalue weighted by Crippen LogP contribution is 2.24. The number of hydrogen-bond acceptors (Lipinski definition) is 3. The number of ketones is 1. The first-order valence-electron chi connectivity index (χ1n) is 7.32. The summed E-state index contributed by atoms with van der Waals surface area (Å²) in [6.45, 7) is 4.01. The summed E-state index contributed by atoms with van der Waals surface area (Å²) in [4.78, 5) is 26.0. The Bertz CT molecular complexity index is 734. The van der Waals surface area contributed by atoms with Crippen molar-refractivity contribution in [2.24, 2.45) is 0 Å². The topological polar surface area (TPSA) is 60.9 Å². The Morgan fingerprint density at radius 3 is 2.23 bits per heavy atom. The van der Waals surface area contributed by atoms with Gasteiger partial charge in [-0.15, -0.1) is 0 Å². The van der Waals surface area contributed by atoms with E-state index in [1.54, 1.807) is 6.92 Å². The van der Waals surface area contributed by atoms with Crippen molar-refractivity contribution in [3.05, 3.63) is 42.0 Å². The molecule has 1 aliphatic heterocycles. The lowest BCUT2D eigenvalue weighted by molar-refractivity contribution is 0.101. The molecular formula is C17H18N2O3. The van der Waals surface area contributed by atoms with E-state index in [9.17, 15) is 9.59 Å². The molecule has 5 nitrogen and oxygen atoms in total. The number of rotatable bonds is 2. The SMILES string of the molecule is CC(=O)c1ccc2cc(N3CCN(C(=O)O)CC3)ccc2c1. The third-order valence-corrected chi connectivity index (χ3v) is 4.15. The highest BCUT2D eigenvalue weighted by Gasteiger charge is 2.20. The van der Waals surface area contributed by atoms with Crippen LogP contribution in [0.3, 0.4) is 0 Å². The molecule has 0 bridgehead atoms. The predicted molar refractivity (Wildman–Crippen MR) is 85.8 cm³/mol. The lowest BCUT2D eigenvalue weighted by Crippen LogP contribution is -2.48. The van der Waals surface area contributed by atoms with E-state index in [-0.39, 0.29) is 5.78 Å². The quantitative estimate of drug-likeness (QED) is 0.866. The molecule has 22 heavy (non-hydrogen) atoms. The first-order valence-corrected chi connectivity index (χ1v) is 7.32. The van der Waals surface area contributed by atoms with Gasteiger partial charge in [-0.3, -0.25) is 4.79 Å². The number of anilines is 1. The molecule has 0 saturated carbocycles. The van der Waals surface area contributed by atoms with E-state index in [1.807, 2.05) is 30.3 Å². The number of piperazine rings is 1. The average Bonchev–Trinajstić information content (AvgIpc) is 2.54. The summed E-state index contributed by atoms with van der Waals surface area (Å²) >= 11 is 0. The van der Waals surface area contributed by atoms with Crippen LogP contribution in [0.2, 0.25) is 0 Å². The van der Waals surface area contributed by atoms with Crippen LogP contribution in [0.4, 0.5) is 10.5 Å². The number of carboxylic acid groups (broad SMARTS) is 1. The van der Waals surface area contributed by atoms with Gasteiger partial charge in [0.2, 0.25) is 0 Å². The largest absolute Gasteiger partial charge is 0.465 e. The van der Waals surface area contributed by atoms with E-state index in [0.717, 1.165) is 22.0 Å². The second-order valence-electron chi connectivity index (χ2n) is 5.56. The van der Waals surface area contributed by atoms with E-state index in [0.29, 0.717) is 26.2 Å². The molecule has 0 spiro atoms. The molecule has 0 aromatic heterocycles. The zero-order valence-electron chi connectivity index (χ0n) is 12.5. The van der Waals surface area contributed by atoms with E-state index >= 15 is 0 Å². The Kier molecular flexibility index (Phi) is 3.71. The number of carbonyl (C=O) groups excluding carboxylic acids is 1. The average molecular weight is 298 g/mol. The minimum absolute atomic E-state index is 0.0655. The van der Waals surface area contributed by atoms with Gasteiger partial charge in [0.05, 0.1) is 0 Å². The van der Waals surface area contributed by atoms with Crippen molar-refractivity contribution in [3.8, 4) is 0 Å². The van der Waals surface area contributed by atoms with Crippen molar-refractivity contribution < 1.29 is 14.7 Å². The Hall–Kier alpha value is -2.56. The molecule has 2 aromatic carbocycles. The molecule has 1 saturated heterocycles. The maximum Gasteiger partial charge on any atom is 0.407 e. The monoisotopic (exact) mass is 298 g/mol. The summed E-state index contributed by atoms with van der Waals surface area (Å²) < 4.78 is 0. The third kappa shape index (κ3) is 2.74. The Labute approximate surface area is 128 Å². The molecule has 0 aliphatic carbocycles. The maximum absolute atomic E-state index is 11.4. The normalized spacial score (nSPS) is 15.1. The first-order chi connectivity index (χ1) is 10.5. The molecule has 1 fully saturated rings. The number of nitrogens with zero attached hydrogens (tertiary/aromatic N) is 2. The number of carbonyl (C=O) groups is 2. The summed E-state index contributed by atoms with van der Waals surface area (Å²) in [6.07, 6.45) is -0.852. The van der Waals surface area contributed by atoms with Crippen LogP contribution in [-0.4, -0.2) is 48.1 Å². The van der Waals surface area contributed by atoms with Crippen molar-refractivity contribution in [1.29, 1.82) is 0 Å². The summed E-state index contributed by atoms with van der Waals surface area (Å²) in [6, 6.07) is 11.8. The van der Waals surface area contributed by atoms with Gasteiger partial charge in [-0.25, -0.2) is 4.79 Å². The van der Waals surface area contributed by atoms with Crippen LogP contribution in [-0.2, 0) is 0 Å². The molecule has 1 aliphatic rings. The molecule has 1 N–H and O–H groups in total. The van der Waals surface area contributed by atoms with Crippen molar-refractivity contribution in [3.63, 3.8) is 0 Å². The second kappa shape index (κ2) is 5.67. The molecule has 0 unspecified atom stereocenters. The van der Waals surface area contributed by atoms with E-state index < -0.39 is 6.09 Å². The lowest BCUT2D eigenvalue weighted by Gasteiger charge is -2.34. The maximum atomic E-state index is 11.4. The number of fused-ring (bicyclic) bond motifs is 1. The Morgan fingerprint density at radius 1 is 0.955 bits per heavy atom. The fourth-order valence-corrected chi connectivity index (χ4v) is 2.80. The Balaban J connectivity index is 1.82. The molecule has 5 heteroatoms. The number of amides is 1. The van der Waals surface area contributed by atoms with Gasteiger partial charge in [0.15, 0.2) is 5.78 Å². The molecule has 1 amide bonds.